The minimum Gasteiger partial charge on any atom is -0.349 e. The molecule has 2 N–H and O–H groups in total. The number of pyridine rings is 1. The summed E-state index contributed by atoms with van der Waals surface area (Å²) in [7, 11) is 0. The third-order valence-corrected chi connectivity index (χ3v) is 5.81. The fourth-order valence-electron chi connectivity index (χ4n) is 3.78. The van der Waals surface area contributed by atoms with E-state index in [1.54, 1.807) is 6.92 Å². The molecule has 8 heteroatoms. The molecule has 1 saturated heterocycles. The first-order valence-corrected chi connectivity index (χ1v) is 9.23. The Morgan fingerprint density at radius 3 is 2.56 bits per heavy atom. The lowest BCUT2D eigenvalue weighted by Crippen LogP contribution is -2.49. The highest BCUT2D eigenvalue weighted by Gasteiger charge is 2.45. The molecule has 2 aromatic heterocycles. The summed E-state index contributed by atoms with van der Waals surface area (Å²) in [6, 6.07) is 2.10. The molecular weight excluding hydrogens is 354 g/mol. The average molecular weight is 376 g/mol. The van der Waals surface area contributed by atoms with Crippen molar-refractivity contribution in [2.45, 2.75) is 45.1 Å². The van der Waals surface area contributed by atoms with Gasteiger partial charge in [0.15, 0.2) is 0 Å². The van der Waals surface area contributed by atoms with E-state index in [2.05, 4.69) is 15.3 Å². The molecular formula is C19H22F2N4O2. The van der Waals surface area contributed by atoms with Gasteiger partial charge in [-0.05, 0) is 50.2 Å². The first-order valence-electron chi connectivity index (χ1n) is 9.23. The van der Waals surface area contributed by atoms with Crippen molar-refractivity contribution in [2.75, 3.05) is 13.1 Å². The van der Waals surface area contributed by atoms with Crippen LogP contribution in [0.4, 0.5) is 8.78 Å². The summed E-state index contributed by atoms with van der Waals surface area (Å²) in [4.78, 5) is 33.4. The fraction of sp³-hybridized carbons (Fsp3) is 0.526. The Hall–Kier alpha value is -2.51. The number of nitrogens with one attached hydrogen (secondary N) is 2. The van der Waals surface area contributed by atoms with Crippen molar-refractivity contribution < 1.29 is 18.4 Å². The van der Waals surface area contributed by atoms with E-state index in [0.717, 1.165) is 25.9 Å². The molecule has 6 nitrogen and oxygen atoms in total. The summed E-state index contributed by atoms with van der Waals surface area (Å²) >= 11 is 0. The lowest BCUT2D eigenvalue weighted by Gasteiger charge is -2.33. The third-order valence-electron chi connectivity index (χ3n) is 5.81. The largest absolute Gasteiger partial charge is 0.349 e. The molecule has 144 valence electrons. The zero-order chi connectivity index (χ0) is 19.2. The van der Waals surface area contributed by atoms with E-state index >= 15 is 0 Å². The van der Waals surface area contributed by atoms with Gasteiger partial charge in [-0.1, -0.05) is 0 Å². The maximum Gasteiger partial charge on any atom is 0.280 e. The van der Waals surface area contributed by atoms with Gasteiger partial charge in [0.05, 0.1) is 11.7 Å². The summed E-state index contributed by atoms with van der Waals surface area (Å²) in [5.41, 5.74) is 0.858. The van der Waals surface area contributed by atoms with Crippen molar-refractivity contribution >= 4 is 22.7 Å². The van der Waals surface area contributed by atoms with Crippen LogP contribution < -0.4 is 5.32 Å². The lowest BCUT2D eigenvalue weighted by molar-refractivity contribution is -0.134. The zero-order valence-corrected chi connectivity index (χ0v) is 15.1. The van der Waals surface area contributed by atoms with Crippen LogP contribution in [0.3, 0.4) is 0 Å². The summed E-state index contributed by atoms with van der Waals surface area (Å²) in [6.07, 6.45) is 3.23. The standard InChI is InChI=1S/C19H22F2N4O2/c1-11(18(27)25-6-4-19(2-3-19)5-7-25)23-17(26)14-9-12-8-13(16(20)21)22-10-15(12)24-14/h8-11,16,24H,2-7H2,1H3,(H,23,26)/t11-/m0/s1. The number of alkyl halides is 2. The number of hydrogen-bond acceptors (Lipinski definition) is 3. The minimum absolute atomic E-state index is 0.0865. The van der Waals surface area contributed by atoms with Crippen molar-refractivity contribution in [3.63, 3.8) is 0 Å². The molecule has 1 aliphatic carbocycles. The Bertz CT molecular complexity index is 881. The van der Waals surface area contributed by atoms with Gasteiger partial charge in [0, 0.05) is 18.5 Å². The number of carbonyl (C=O) groups excluding carboxylic acids is 2. The molecule has 4 rings (SSSR count). The second kappa shape index (κ2) is 6.58. The number of likely N-dealkylation sites (tertiary alicyclic amines) is 1. The second-order valence-electron chi connectivity index (χ2n) is 7.70. The normalized spacial score (nSPS) is 19.5. The van der Waals surface area contributed by atoms with Crippen LogP contribution in [0.5, 0.6) is 0 Å². The van der Waals surface area contributed by atoms with Gasteiger partial charge in [0.25, 0.3) is 12.3 Å². The molecule has 0 radical (unpaired) electrons. The van der Waals surface area contributed by atoms with E-state index in [1.807, 2.05) is 4.90 Å². The molecule has 27 heavy (non-hydrogen) atoms. The second-order valence-corrected chi connectivity index (χ2v) is 7.70. The quantitative estimate of drug-likeness (QED) is 0.861. The van der Waals surface area contributed by atoms with Crippen LogP contribution >= 0.6 is 0 Å². The number of H-pyrrole nitrogens is 1. The van der Waals surface area contributed by atoms with Gasteiger partial charge in [-0.25, -0.2) is 8.78 Å². The van der Waals surface area contributed by atoms with Crippen molar-refractivity contribution in [1.29, 1.82) is 0 Å². The van der Waals surface area contributed by atoms with E-state index < -0.39 is 18.4 Å². The number of aromatic amines is 1. The molecule has 2 amide bonds. The van der Waals surface area contributed by atoms with Gasteiger partial charge in [-0.2, -0.15) is 0 Å². The molecule has 0 bridgehead atoms. The fourth-order valence-corrected chi connectivity index (χ4v) is 3.78. The molecule has 3 heterocycles. The van der Waals surface area contributed by atoms with E-state index in [0.29, 0.717) is 16.3 Å². The van der Waals surface area contributed by atoms with Crippen LogP contribution in [0.1, 0.15) is 55.2 Å². The highest BCUT2D eigenvalue weighted by atomic mass is 19.3. The van der Waals surface area contributed by atoms with Crippen LogP contribution in [0.25, 0.3) is 10.9 Å². The summed E-state index contributed by atoms with van der Waals surface area (Å²) in [5.74, 6) is -0.530. The number of piperidine rings is 1. The minimum atomic E-state index is -2.67. The van der Waals surface area contributed by atoms with Crippen LogP contribution in [0.15, 0.2) is 18.3 Å². The van der Waals surface area contributed by atoms with E-state index in [4.69, 9.17) is 0 Å². The number of aromatic nitrogens is 2. The van der Waals surface area contributed by atoms with Gasteiger partial charge in [-0.15, -0.1) is 0 Å². The van der Waals surface area contributed by atoms with Crippen molar-refractivity contribution in [1.82, 2.24) is 20.2 Å². The van der Waals surface area contributed by atoms with Crippen molar-refractivity contribution in [3.05, 3.63) is 29.7 Å². The first-order chi connectivity index (χ1) is 12.9. The molecule has 1 aliphatic heterocycles. The molecule has 0 unspecified atom stereocenters. The Kier molecular flexibility index (Phi) is 4.36. The van der Waals surface area contributed by atoms with Gasteiger partial charge in [0.1, 0.15) is 17.4 Å². The highest BCUT2D eigenvalue weighted by Crippen LogP contribution is 2.53. The Morgan fingerprint density at radius 2 is 1.93 bits per heavy atom. The number of hydrogen-bond donors (Lipinski definition) is 2. The Balaban J connectivity index is 1.40. The SMILES string of the molecule is C[C@H](NC(=O)c1cc2cc(C(F)F)ncc2[nH]1)C(=O)N1CCC2(CC1)CC2. The number of amides is 2. The summed E-state index contributed by atoms with van der Waals surface area (Å²) < 4.78 is 25.5. The first kappa shape index (κ1) is 17.9. The topological polar surface area (TPSA) is 78.1 Å². The maximum atomic E-state index is 12.8. The van der Waals surface area contributed by atoms with Crippen LogP contribution in [-0.2, 0) is 4.79 Å². The van der Waals surface area contributed by atoms with Crippen molar-refractivity contribution in [2.24, 2.45) is 5.41 Å². The van der Waals surface area contributed by atoms with Crippen LogP contribution in [0, 0.1) is 5.41 Å². The Labute approximate surface area is 155 Å². The van der Waals surface area contributed by atoms with E-state index in [1.165, 1.54) is 31.2 Å². The van der Waals surface area contributed by atoms with Crippen LogP contribution in [0.2, 0.25) is 0 Å². The molecule has 2 aromatic rings. The molecule has 2 aliphatic rings. The number of nitrogens with zero attached hydrogens (tertiary/aromatic N) is 2. The van der Waals surface area contributed by atoms with E-state index in [9.17, 15) is 18.4 Å². The predicted molar refractivity (Wildman–Crippen MR) is 95.5 cm³/mol. The Morgan fingerprint density at radius 1 is 1.22 bits per heavy atom. The van der Waals surface area contributed by atoms with Gasteiger partial charge < -0.3 is 15.2 Å². The monoisotopic (exact) mass is 376 g/mol. The average Bonchev–Trinajstić information content (AvgIpc) is 3.26. The predicted octanol–water partition coefficient (Wildman–Crippen LogP) is 3.02. The maximum absolute atomic E-state index is 12.8. The van der Waals surface area contributed by atoms with Gasteiger partial charge >= 0.3 is 0 Å². The number of fused-ring (bicyclic) bond motifs is 1. The highest BCUT2D eigenvalue weighted by molar-refractivity contribution is 6.00. The number of carbonyl (C=O) groups is 2. The zero-order valence-electron chi connectivity index (χ0n) is 15.1. The van der Waals surface area contributed by atoms with Gasteiger partial charge in [0.2, 0.25) is 5.91 Å². The molecule has 1 saturated carbocycles. The van der Waals surface area contributed by atoms with Gasteiger partial charge in [-0.3, -0.25) is 14.6 Å². The third kappa shape index (κ3) is 3.52. The lowest BCUT2D eigenvalue weighted by atomic mass is 9.93. The van der Waals surface area contributed by atoms with Crippen LogP contribution in [-0.4, -0.2) is 45.8 Å². The van der Waals surface area contributed by atoms with E-state index in [-0.39, 0.29) is 17.3 Å². The molecule has 0 aromatic carbocycles. The molecule has 1 atom stereocenters. The summed E-state index contributed by atoms with van der Waals surface area (Å²) in [5, 5.41) is 3.18. The van der Waals surface area contributed by atoms with Crippen molar-refractivity contribution in [3.8, 4) is 0 Å². The number of rotatable bonds is 4. The molecule has 1 spiro atoms. The smallest absolute Gasteiger partial charge is 0.280 e. The molecule has 2 fully saturated rings. The number of halogens is 2. The summed E-state index contributed by atoms with van der Waals surface area (Å²) in [6.45, 7) is 3.15.